The Morgan fingerprint density at radius 2 is 0.843 bits per heavy atom. The molecular weight excluding hydrogens is 852 g/mol. The first kappa shape index (κ1) is 41.5. The van der Waals surface area contributed by atoms with Gasteiger partial charge in [-0.1, -0.05) is 147 Å². The van der Waals surface area contributed by atoms with Crippen molar-refractivity contribution in [3.8, 4) is 11.5 Å². The van der Waals surface area contributed by atoms with E-state index < -0.39 is 0 Å². The number of ether oxygens (including phenoxy) is 1. The van der Waals surface area contributed by atoms with Crippen molar-refractivity contribution in [2.24, 2.45) is 0 Å². The largest absolute Gasteiger partial charge is 0.457 e. The van der Waals surface area contributed by atoms with Crippen LogP contribution in [0.3, 0.4) is 0 Å². The van der Waals surface area contributed by atoms with Gasteiger partial charge in [-0.15, -0.1) is 0 Å². The Bertz CT molecular complexity index is 3540. The molecular formula is C64H49BN4O. The number of hydrogen-bond donors (Lipinski definition) is 0. The van der Waals surface area contributed by atoms with Crippen LogP contribution in [0.15, 0.2) is 243 Å². The second-order valence-corrected chi connectivity index (χ2v) is 19.1. The Kier molecular flexibility index (Phi) is 9.77. The van der Waals surface area contributed by atoms with Crippen LogP contribution in [0.2, 0.25) is 0 Å². The number of benzene rings is 10. The zero-order chi connectivity index (χ0) is 46.9. The van der Waals surface area contributed by atoms with Gasteiger partial charge in [0.15, 0.2) is 0 Å². The smallest absolute Gasteiger partial charge is 0.252 e. The van der Waals surface area contributed by atoms with Crippen LogP contribution < -0.4 is 40.7 Å². The lowest BCUT2D eigenvalue weighted by molar-refractivity contribution is 0.418. The molecule has 10 aromatic rings. The Hall–Kier alpha value is -8.74. The molecule has 5 nitrogen and oxygen atoms in total. The maximum Gasteiger partial charge on any atom is 0.252 e. The molecule has 0 spiro atoms. The molecule has 3 aliphatic rings. The van der Waals surface area contributed by atoms with Gasteiger partial charge in [-0.25, -0.2) is 0 Å². The van der Waals surface area contributed by atoms with Crippen molar-refractivity contribution in [1.29, 1.82) is 0 Å². The zero-order valence-corrected chi connectivity index (χ0v) is 39.4. The van der Waals surface area contributed by atoms with Gasteiger partial charge < -0.3 is 24.3 Å². The van der Waals surface area contributed by atoms with Crippen LogP contribution in [0.5, 0.6) is 11.5 Å². The fourth-order valence-corrected chi connectivity index (χ4v) is 11.2. The van der Waals surface area contributed by atoms with Crippen LogP contribution in [-0.2, 0) is 5.41 Å². The number of para-hydroxylation sites is 6. The molecule has 0 atom stereocenters. The maximum atomic E-state index is 6.59. The minimum Gasteiger partial charge on any atom is -0.457 e. The number of nitrogens with zero attached hydrogens (tertiary/aromatic N) is 4. The zero-order valence-electron chi connectivity index (χ0n) is 39.4. The predicted octanol–water partition coefficient (Wildman–Crippen LogP) is 15.4. The van der Waals surface area contributed by atoms with Crippen LogP contribution in [-0.4, -0.2) is 6.71 Å². The summed E-state index contributed by atoms with van der Waals surface area (Å²) >= 11 is 0. The minimum absolute atomic E-state index is 0.0604. The van der Waals surface area contributed by atoms with E-state index in [1.165, 1.54) is 33.2 Å². The van der Waals surface area contributed by atoms with E-state index in [-0.39, 0.29) is 12.1 Å². The van der Waals surface area contributed by atoms with Gasteiger partial charge in [0.25, 0.3) is 6.71 Å². The van der Waals surface area contributed by atoms with Crippen molar-refractivity contribution in [2.45, 2.75) is 26.2 Å². The lowest BCUT2D eigenvalue weighted by atomic mass is 9.33. The van der Waals surface area contributed by atoms with E-state index in [4.69, 9.17) is 4.74 Å². The third-order valence-electron chi connectivity index (χ3n) is 14.5. The first-order chi connectivity index (χ1) is 34.4. The summed E-state index contributed by atoms with van der Waals surface area (Å²) in [5.41, 5.74) is 20.3. The molecule has 0 saturated carbocycles. The summed E-state index contributed by atoms with van der Waals surface area (Å²) in [5.74, 6) is 1.80. The van der Waals surface area contributed by atoms with E-state index >= 15 is 0 Å². The maximum absolute atomic E-state index is 6.59. The molecule has 0 bridgehead atoms. The lowest BCUT2D eigenvalue weighted by Gasteiger charge is -2.45. The molecule has 0 radical (unpaired) electrons. The van der Waals surface area contributed by atoms with Gasteiger partial charge in [-0.3, -0.25) is 0 Å². The molecule has 0 aliphatic carbocycles. The molecule has 70 heavy (non-hydrogen) atoms. The first-order valence-electron chi connectivity index (χ1n) is 24.2. The van der Waals surface area contributed by atoms with E-state index in [2.05, 4.69) is 283 Å². The normalized spacial score (nSPS) is 13.5. The monoisotopic (exact) mass is 900 g/mol. The van der Waals surface area contributed by atoms with Gasteiger partial charge in [0, 0.05) is 79.1 Å². The van der Waals surface area contributed by atoms with Crippen molar-refractivity contribution < 1.29 is 4.74 Å². The number of aryl methyl sites for hydroxylation is 1. The average molecular weight is 901 g/mol. The lowest BCUT2D eigenvalue weighted by Crippen LogP contribution is -2.61. The summed E-state index contributed by atoms with van der Waals surface area (Å²) in [7, 11) is 0. The fraction of sp³-hybridized carbons (Fsp3) is 0.0625. The minimum atomic E-state index is -0.283. The summed E-state index contributed by atoms with van der Waals surface area (Å²) in [5, 5.41) is 0. The van der Waals surface area contributed by atoms with Crippen LogP contribution >= 0.6 is 0 Å². The van der Waals surface area contributed by atoms with Crippen molar-refractivity contribution in [3.63, 3.8) is 0 Å². The second-order valence-electron chi connectivity index (χ2n) is 19.1. The molecule has 6 heteroatoms. The van der Waals surface area contributed by atoms with Gasteiger partial charge in [-0.2, -0.15) is 0 Å². The number of anilines is 12. The van der Waals surface area contributed by atoms with Crippen molar-refractivity contribution in [3.05, 3.63) is 259 Å². The predicted molar refractivity (Wildman–Crippen MR) is 293 cm³/mol. The van der Waals surface area contributed by atoms with Crippen LogP contribution in [0.1, 0.15) is 30.5 Å². The molecule has 13 rings (SSSR count). The van der Waals surface area contributed by atoms with Crippen LogP contribution in [0, 0.1) is 6.92 Å². The highest BCUT2D eigenvalue weighted by Gasteiger charge is 2.44. The highest BCUT2D eigenvalue weighted by molar-refractivity contribution is 7.00. The van der Waals surface area contributed by atoms with E-state index in [1.54, 1.807) is 0 Å². The molecule has 0 fully saturated rings. The molecule has 0 N–H and O–H groups in total. The van der Waals surface area contributed by atoms with Gasteiger partial charge in [0.2, 0.25) is 0 Å². The molecule has 3 aliphatic heterocycles. The molecule has 0 amide bonds. The van der Waals surface area contributed by atoms with Crippen molar-refractivity contribution >= 4 is 91.3 Å². The molecule has 0 saturated heterocycles. The van der Waals surface area contributed by atoms with Gasteiger partial charge in [0.1, 0.15) is 11.5 Å². The number of rotatable bonds is 8. The summed E-state index contributed by atoms with van der Waals surface area (Å²) in [4.78, 5) is 9.80. The third-order valence-corrected chi connectivity index (χ3v) is 14.5. The SMILES string of the molecule is Cc1ccc(N2c3cc(N(c4ccccc4)c4ccc5c(c4)C(C)(C)c4ccccc4O5)ccc3B3c4ccccc4N(c4ccccc4)c4cc(N(c5ccccc5)c5ccccc5)cc2c43)cc1. The molecule has 10 aromatic carbocycles. The first-order valence-corrected chi connectivity index (χ1v) is 24.2. The van der Waals surface area contributed by atoms with E-state index in [1.807, 2.05) is 0 Å². The Labute approximate surface area is 410 Å². The Morgan fingerprint density at radius 1 is 0.371 bits per heavy atom. The number of fused-ring (bicyclic) bond motifs is 6. The Balaban J connectivity index is 1.08. The van der Waals surface area contributed by atoms with Crippen LogP contribution in [0.4, 0.5) is 68.2 Å². The number of hydrogen-bond acceptors (Lipinski definition) is 5. The summed E-state index contributed by atoms with van der Waals surface area (Å²) in [6, 6.07) is 88.2. The quantitative estimate of drug-likeness (QED) is 0.141. The summed E-state index contributed by atoms with van der Waals surface area (Å²) in [6.07, 6.45) is 0. The fourth-order valence-electron chi connectivity index (χ4n) is 11.2. The van der Waals surface area contributed by atoms with Crippen molar-refractivity contribution in [1.82, 2.24) is 0 Å². The Morgan fingerprint density at radius 3 is 1.50 bits per heavy atom. The van der Waals surface area contributed by atoms with Gasteiger partial charge in [-0.05, 0) is 139 Å². The van der Waals surface area contributed by atoms with Crippen molar-refractivity contribution in [2.75, 3.05) is 19.6 Å². The van der Waals surface area contributed by atoms with E-state index in [0.717, 1.165) is 79.6 Å². The average Bonchev–Trinajstić information content (AvgIpc) is 3.40. The van der Waals surface area contributed by atoms with E-state index in [9.17, 15) is 0 Å². The topological polar surface area (TPSA) is 22.2 Å². The molecule has 0 aromatic heterocycles. The molecule has 334 valence electrons. The molecule has 3 heterocycles. The highest BCUT2D eigenvalue weighted by atomic mass is 16.5. The van der Waals surface area contributed by atoms with Gasteiger partial charge in [0.05, 0.1) is 5.69 Å². The standard InChI is InChI=1S/C64H49BN4O/c1-44-32-34-49(35-33-44)69-58-41-51(67(47-24-12-6-13-25-47)50-37-39-62-54(40-50)64(2,3)53-28-16-19-31-61(53)70-62)36-38-56(58)65-55-29-17-18-30-57(55)68(48-26-14-7-15-27-48)59-42-52(43-60(69)63(59)65)66(45-20-8-4-9-21-45)46-22-10-5-11-23-46/h4-43H,1-3H3. The summed E-state index contributed by atoms with van der Waals surface area (Å²) < 4.78 is 6.59. The summed E-state index contributed by atoms with van der Waals surface area (Å²) in [6.45, 7) is 6.72. The van der Waals surface area contributed by atoms with E-state index in [0.29, 0.717) is 0 Å². The third kappa shape index (κ3) is 6.70. The highest BCUT2D eigenvalue weighted by Crippen LogP contribution is 2.52. The van der Waals surface area contributed by atoms with Gasteiger partial charge >= 0.3 is 0 Å². The van der Waals surface area contributed by atoms with Crippen LogP contribution in [0.25, 0.3) is 0 Å². The second kappa shape index (κ2) is 16.5. The molecule has 0 unspecified atom stereocenters.